The maximum absolute atomic E-state index is 12.7. The summed E-state index contributed by atoms with van der Waals surface area (Å²) in [5, 5.41) is 5.87. The Morgan fingerprint density at radius 2 is 1.96 bits per heavy atom. The van der Waals surface area contributed by atoms with Crippen molar-refractivity contribution in [1.29, 1.82) is 0 Å². The summed E-state index contributed by atoms with van der Waals surface area (Å²) >= 11 is 0. The average Bonchev–Trinajstić information content (AvgIpc) is 2.99. The van der Waals surface area contributed by atoms with Gasteiger partial charge in [0.25, 0.3) is 0 Å². The van der Waals surface area contributed by atoms with E-state index in [0.29, 0.717) is 19.6 Å². The number of piperidine rings is 1. The van der Waals surface area contributed by atoms with Crippen LogP contribution in [0.1, 0.15) is 49.6 Å². The lowest BCUT2D eigenvalue weighted by atomic mass is 9.88. The number of aryl methyl sites for hydroxylation is 3. The molecule has 2 fully saturated rings. The van der Waals surface area contributed by atoms with Crippen molar-refractivity contribution in [3.63, 3.8) is 0 Å². The van der Waals surface area contributed by atoms with Gasteiger partial charge in [0, 0.05) is 32.3 Å². The Hall–Kier alpha value is -2.15. The first-order valence-corrected chi connectivity index (χ1v) is 9.71. The number of anilines is 1. The van der Waals surface area contributed by atoms with Crippen LogP contribution in [0.4, 0.5) is 10.5 Å². The standard InChI is InChI=1S/C20H30N4O3/c1-13-11-14(2)22-15(3)18(13)23-19(26)24-9-7-20(8-10-24)6-5-17(27-20)12-21-16(4)25/h11,17H,5-10,12H2,1-4H3,(H,21,25)(H,23,26). The van der Waals surface area contributed by atoms with Gasteiger partial charge in [-0.15, -0.1) is 0 Å². The molecule has 0 saturated carbocycles. The summed E-state index contributed by atoms with van der Waals surface area (Å²) in [6.07, 6.45) is 3.70. The van der Waals surface area contributed by atoms with Gasteiger partial charge in [-0.1, -0.05) is 0 Å². The van der Waals surface area contributed by atoms with E-state index in [9.17, 15) is 9.59 Å². The summed E-state index contributed by atoms with van der Waals surface area (Å²) in [7, 11) is 0. The highest BCUT2D eigenvalue weighted by molar-refractivity contribution is 5.90. The van der Waals surface area contributed by atoms with E-state index in [0.717, 1.165) is 48.3 Å². The summed E-state index contributed by atoms with van der Waals surface area (Å²) in [5.41, 5.74) is 3.49. The molecule has 1 aromatic rings. The lowest BCUT2D eigenvalue weighted by Crippen LogP contribution is -2.48. The van der Waals surface area contributed by atoms with Gasteiger partial charge in [0.2, 0.25) is 5.91 Å². The topological polar surface area (TPSA) is 83.6 Å². The molecule has 0 aliphatic carbocycles. The third kappa shape index (κ3) is 4.58. The molecule has 3 amide bonds. The second-order valence-electron chi connectivity index (χ2n) is 7.86. The van der Waals surface area contributed by atoms with Gasteiger partial charge in [0.1, 0.15) is 0 Å². The van der Waals surface area contributed by atoms with Crippen molar-refractivity contribution >= 4 is 17.6 Å². The zero-order chi connectivity index (χ0) is 19.6. The number of likely N-dealkylation sites (tertiary alicyclic amines) is 1. The molecule has 2 saturated heterocycles. The summed E-state index contributed by atoms with van der Waals surface area (Å²) < 4.78 is 6.25. The molecular weight excluding hydrogens is 344 g/mol. The first-order chi connectivity index (χ1) is 12.8. The molecule has 7 heteroatoms. The van der Waals surface area contributed by atoms with E-state index in [1.165, 1.54) is 6.92 Å². The van der Waals surface area contributed by atoms with Crippen LogP contribution in [0.2, 0.25) is 0 Å². The third-order valence-electron chi connectivity index (χ3n) is 5.64. The van der Waals surface area contributed by atoms with E-state index in [1.54, 1.807) is 0 Å². The molecule has 0 radical (unpaired) electrons. The van der Waals surface area contributed by atoms with Crippen molar-refractivity contribution in [1.82, 2.24) is 15.2 Å². The molecule has 1 aromatic heterocycles. The smallest absolute Gasteiger partial charge is 0.321 e. The highest BCUT2D eigenvalue weighted by Crippen LogP contribution is 2.38. The van der Waals surface area contributed by atoms with Crippen LogP contribution in [-0.2, 0) is 9.53 Å². The third-order valence-corrected chi connectivity index (χ3v) is 5.64. The zero-order valence-electron chi connectivity index (χ0n) is 16.7. The van der Waals surface area contributed by atoms with E-state index in [-0.39, 0.29) is 23.6 Å². The van der Waals surface area contributed by atoms with Crippen LogP contribution >= 0.6 is 0 Å². The van der Waals surface area contributed by atoms with Gasteiger partial charge in [-0.3, -0.25) is 9.78 Å². The Bertz CT molecular complexity index is 703. The SMILES string of the molecule is CC(=O)NCC1CCC2(CCN(C(=O)Nc3c(C)cc(C)nc3C)CC2)O1. The number of ether oxygens (including phenoxy) is 1. The summed E-state index contributed by atoms with van der Waals surface area (Å²) in [4.78, 5) is 30.1. The number of amides is 3. The highest BCUT2D eigenvalue weighted by Gasteiger charge is 2.43. The quantitative estimate of drug-likeness (QED) is 0.852. The largest absolute Gasteiger partial charge is 0.370 e. The van der Waals surface area contributed by atoms with E-state index in [4.69, 9.17) is 4.74 Å². The summed E-state index contributed by atoms with van der Waals surface area (Å²) in [5.74, 6) is -0.0257. The van der Waals surface area contributed by atoms with E-state index in [2.05, 4.69) is 15.6 Å². The second-order valence-corrected chi connectivity index (χ2v) is 7.86. The molecule has 3 heterocycles. The number of rotatable bonds is 3. The molecule has 7 nitrogen and oxygen atoms in total. The Morgan fingerprint density at radius 3 is 2.59 bits per heavy atom. The van der Waals surface area contributed by atoms with Gasteiger partial charge in [-0.2, -0.15) is 0 Å². The van der Waals surface area contributed by atoms with Crippen molar-refractivity contribution in [3.05, 3.63) is 23.0 Å². The first-order valence-electron chi connectivity index (χ1n) is 9.71. The van der Waals surface area contributed by atoms with Crippen LogP contribution in [0, 0.1) is 20.8 Å². The Kier molecular flexibility index (Phi) is 5.69. The van der Waals surface area contributed by atoms with Gasteiger partial charge in [-0.25, -0.2) is 4.79 Å². The minimum Gasteiger partial charge on any atom is -0.370 e. The maximum Gasteiger partial charge on any atom is 0.321 e. The number of hydrogen-bond donors (Lipinski definition) is 2. The van der Waals surface area contributed by atoms with Gasteiger partial charge >= 0.3 is 6.03 Å². The lowest BCUT2D eigenvalue weighted by Gasteiger charge is -2.39. The van der Waals surface area contributed by atoms with E-state index in [1.807, 2.05) is 31.7 Å². The van der Waals surface area contributed by atoms with Crippen LogP contribution in [0.25, 0.3) is 0 Å². The molecule has 0 aromatic carbocycles. The fraction of sp³-hybridized carbons (Fsp3) is 0.650. The number of pyridine rings is 1. The van der Waals surface area contributed by atoms with E-state index < -0.39 is 0 Å². The van der Waals surface area contributed by atoms with Crippen LogP contribution < -0.4 is 10.6 Å². The Balaban J connectivity index is 1.54. The van der Waals surface area contributed by atoms with Crippen LogP contribution in [0.5, 0.6) is 0 Å². The highest BCUT2D eigenvalue weighted by atomic mass is 16.5. The minimum absolute atomic E-state index is 0.0257. The molecule has 1 spiro atoms. The fourth-order valence-electron chi connectivity index (χ4n) is 4.18. The summed E-state index contributed by atoms with van der Waals surface area (Å²) in [6.45, 7) is 9.31. The molecule has 3 rings (SSSR count). The second kappa shape index (κ2) is 7.84. The van der Waals surface area contributed by atoms with Gasteiger partial charge in [-0.05, 0) is 58.1 Å². The number of urea groups is 1. The maximum atomic E-state index is 12.7. The monoisotopic (exact) mass is 374 g/mol. The van der Waals surface area contributed by atoms with Crippen molar-refractivity contribution in [2.24, 2.45) is 0 Å². The normalized spacial score (nSPS) is 21.3. The zero-order valence-corrected chi connectivity index (χ0v) is 16.7. The van der Waals surface area contributed by atoms with Gasteiger partial charge in [0.15, 0.2) is 0 Å². The van der Waals surface area contributed by atoms with Crippen molar-refractivity contribution < 1.29 is 14.3 Å². The van der Waals surface area contributed by atoms with Gasteiger partial charge < -0.3 is 20.3 Å². The van der Waals surface area contributed by atoms with Crippen molar-refractivity contribution in [3.8, 4) is 0 Å². The van der Waals surface area contributed by atoms with Crippen LogP contribution in [0.15, 0.2) is 6.07 Å². The fourth-order valence-corrected chi connectivity index (χ4v) is 4.18. The molecule has 1 atom stereocenters. The van der Waals surface area contributed by atoms with Crippen molar-refractivity contribution in [2.45, 2.75) is 65.1 Å². The Labute approximate surface area is 160 Å². The predicted molar refractivity (Wildman–Crippen MR) is 104 cm³/mol. The van der Waals surface area contributed by atoms with E-state index >= 15 is 0 Å². The minimum atomic E-state index is -0.142. The average molecular weight is 374 g/mol. The number of hydrogen-bond acceptors (Lipinski definition) is 4. The number of nitrogens with one attached hydrogen (secondary N) is 2. The summed E-state index contributed by atoms with van der Waals surface area (Å²) in [6, 6.07) is 1.91. The number of carbonyl (C=O) groups excluding carboxylic acids is 2. The number of aromatic nitrogens is 1. The predicted octanol–water partition coefficient (Wildman–Crippen LogP) is 2.69. The molecular formula is C20H30N4O3. The van der Waals surface area contributed by atoms with Crippen LogP contribution in [0.3, 0.4) is 0 Å². The first kappa shape index (κ1) is 19.6. The van der Waals surface area contributed by atoms with Crippen molar-refractivity contribution in [2.75, 3.05) is 25.0 Å². The molecule has 148 valence electrons. The Morgan fingerprint density at radius 1 is 1.26 bits per heavy atom. The lowest BCUT2D eigenvalue weighted by molar-refractivity contribution is -0.120. The molecule has 0 bridgehead atoms. The number of carbonyl (C=O) groups is 2. The molecule has 2 N–H and O–H groups in total. The van der Waals surface area contributed by atoms with Crippen LogP contribution in [-0.4, -0.2) is 53.2 Å². The molecule has 1 unspecified atom stereocenters. The number of nitrogens with zero attached hydrogens (tertiary/aromatic N) is 2. The molecule has 2 aliphatic heterocycles. The molecule has 27 heavy (non-hydrogen) atoms. The van der Waals surface area contributed by atoms with Gasteiger partial charge in [0.05, 0.1) is 23.1 Å². The molecule has 2 aliphatic rings.